The van der Waals surface area contributed by atoms with Gasteiger partial charge >= 0.3 is 0 Å². The molecule has 2 aliphatic heterocycles. The molecule has 1 aromatic rings. The van der Waals surface area contributed by atoms with Crippen LogP contribution in [0.3, 0.4) is 0 Å². The van der Waals surface area contributed by atoms with E-state index in [-0.39, 0.29) is 17.9 Å². The lowest BCUT2D eigenvalue weighted by atomic mass is 9.95. The minimum Gasteiger partial charge on any atom is -0.493 e. The third kappa shape index (κ3) is 3.65. The number of benzene rings is 1. The largest absolute Gasteiger partial charge is 0.493 e. The summed E-state index contributed by atoms with van der Waals surface area (Å²) in [5.74, 6) is 0.608. The van der Waals surface area contributed by atoms with Crippen LogP contribution in [0.1, 0.15) is 30.9 Å². The van der Waals surface area contributed by atoms with Crippen molar-refractivity contribution >= 4 is 16.1 Å². The number of carbonyl (C=O) groups is 1. The monoisotopic (exact) mass is 339 g/mol. The SMILES string of the molecule is NS(=O)(=O)N1CCC(C(=O)NC2CCOc3ccccc32)CC1. The summed E-state index contributed by atoms with van der Waals surface area (Å²) in [7, 11) is -3.66. The second-order valence-electron chi connectivity index (χ2n) is 5.95. The highest BCUT2D eigenvalue weighted by Gasteiger charge is 2.31. The van der Waals surface area contributed by atoms with Gasteiger partial charge in [0.25, 0.3) is 10.2 Å². The molecule has 7 nitrogen and oxygen atoms in total. The van der Waals surface area contributed by atoms with Crippen LogP contribution in [0.5, 0.6) is 5.75 Å². The van der Waals surface area contributed by atoms with E-state index in [9.17, 15) is 13.2 Å². The van der Waals surface area contributed by atoms with Gasteiger partial charge in [0, 0.05) is 31.0 Å². The van der Waals surface area contributed by atoms with E-state index in [4.69, 9.17) is 9.88 Å². The van der Waals surface area contributed by atoms with Gasteiger partial charge in [0.2, 0.25) is 5.91 Å². The molecule has 0 radical (unpaired) electrons. The van der Waals surface area contributed by atoms with Crippen LogP contribution < -0.4 is 15.2 Å². The van der Waals surface area contributed by atoms with Crippen LogP contribution in [0, 0.1) is 5.92 Å². The van der Waals surface area contributed by atoms with Crippen molar-refractivity contribution in [3.05, 3.63) is 29.8 Å². The van der Waals surface area contributed by atoms with E-state index < -0.39 is 10.2 Å². The lowest BCUT2D eigenvalue weighted by molar-refractivity contribution is -0.127. The Kier molecular flexibility index (Phi) is 4.56. The van der Waals surface area contributed by atoms with Crippen LogP contribution in [0.25, 0.3) is 0 Å². The number of piperidine rings is 1. The fraction of sp³-hybridized carbons (Fsp3) is 0.533. The lowest BCUT2D eigenvalue weighted by Gasteiger charge is -2.31. The maximum Gasteiger partial charge on any atom is 0.276 e. The molecule has 2 heterocycles. The molecule has 3 N–H and O–H groups in total. The van der Waals surface area contributed by atoms with Gasteiger partial charge in [0.15, 0.2) is 0 Å². The van der Waals surface area contributed by atoms with E-state index >= 15 is 0 Å². The Morgan fingerprint density at radius 3 is 2.61 bits per heavy atom. The molecule has 1 amide bonds. The van der Waals surface area contributed by atoms with Crippen LogP contribution in [0.15, 0.2) is 24.3 Å². The molecule has 1 aromatic carbocycles. The van der Waals surface area contributed by atoms with Crippen molar-refractivity contribution in [3.8, 4) is 5.75 Å². The number of nitrogens with zero attached hydrogens (tertiary/aromatic N) is 1. The molecule has 126 valence electrons. The molecule has 0 aromatic heterocycles. The van der Waals surface area contributed by atoms with Crippen molar-refractivity contribution in [1.82, 2.24) is 9.62 Å². The molecule has 0 bridgehead atoms. The topological polar surface area (TPSA) is 102 Å². The number of rotatable bonds is 3. The first-order valence-electron chi connectivity index (χ1n) is 7.75. The molecule has 0 saturated carbocycles. The maximum atomic E-state index is 12.5. The van der Waals surface area contributed by atoms with Crippen LogP contribution in [0.2, 0.25) is 0 Å². The summed E-state index contributed by atoms with van der Waals surface area (Å²) in [6.45, 7) is 1.16. The van der Waals surface area contributed by atoms with Crippen molar-refractivity contribution in [2.45, 2.75) is 25.3 Å². The number of fused-ring (bicyclic) bond motifs is 1. The van der Waals surface area contributed by atoms with E-state index in [1.165, 1.54) is 4.31 Å². The van der Waals surface area contributed by atoms with Crippen molar-refractivity contribution < 1.29 is 17.9 Å². The number of hydrogen-bond donors (Lipinski definition) is 2. The fourth-order valence-corrected chi connectivity index (χ4v) is 3.87. The normalized spacial score (nSPS) is 22.9. The summed E-state index contributed by atoms with van der Waals surface area (Å²) >= 11 is 0. The summed E-state index contributed by atoms with van der Waals surface area (Å²) in [6.07, 6.45) is 1.72. The number of hydrogen-bond acceptors (Lipinski definition) is 4. The Labute approximate surface area is 136 Å². The van der Waals surface area contributed by atoms with Crippen molar-refractivity contribution in [2.75, 3.05) is 19.7 Å². The lowest BCUT2D eigenvalue weighted by Crippen LogP contribution is -2.46. The van der Waals surface area contributed by atoms with Gasteiger partial charge in [-0.3, -0.25) is 4.79 Å². The summed E-state index contributed by atoms with van der Waals surface area (Å²) in [5.41, 5.74) is 0.995. The number of amides is 1. The number of carbonyl (C=O) groups excluding carboxylic acids is 1. The zero-order valence-electron chi connectivity index (χ0n) is 12.8. The highest BCUT2D eigenvalue weighted by atomic mass is 32.2. The van der Waals surface area contributed by atoms with Crippen LogP contribution >= 0.6 is 0 Å². The highest BCUT2D eigenvalue weighted by Crippen LogP contribution is 2.32. The average Bonchev–Trinajstić information content (AvgIpc) is 2.54. The molecule has 0 spiro atoms. The molecular formula is C15H21N3O4S. The molecule has 3 rings (SSSR count). The molecule has 2 aliphatic rings. The molecular weight excluding hydrogens is 318 g/mol. The molecule has 1 fully saturated rings. The quantitative estimate of drug-likeness (QED) is 0.839. The summed E-state index contributed by atoms with van der Waals surface area (Å²) in [4.78, 5) is 12.5. The van der Waals surface area contributed by atoms with Gasteiger partial charge in [-0.1, -0.05) is 18.2 Å². The maximum absolute atomic E-state index is 12.5. The summed E-state index contributed by atoms with van der Waals surface area (Å²) in [5, 5.41) is 8.20. The van der Waals surface area contributed by atoms with Gasteiger partial charge < -0.3 is 10.1 Å². The van der Waals surface area contributed by atoms with Gasteiger partial charge in [-0.15, -0.1) is 0 Å². The first-order valence-corrected chi connectivity index (χ1v) is 9.25. The van der Waals surface area contributed by atoms with Gasteiger partial charge in [0.05, 0.1) is 12.6 Å². The summed E-state index contributed by atoms with van der Waals surface area (Å²) in [6, 6.07) is 7.65. The average molecular weight is 339 g/mol. The Morgan fingerprint density at radius 1 is 1.22 bits per heavy atom. The standard InChI is InChI=1S/C15H21N3O4S/c16-23(20,21)18-8-5-11(6-9-18)15(19)17-13-7-10-22-14-4-2-1-3-12(13)14/h1-4,11,13H,5-10H2,(H,17,19)(H2,16,20,21). The number of nitrogens with one attached hydrogen (secondary N) is 1. The minimum atomic E-state index is -3.66. The van der Waals surface area contributed by atoms with Gasteiger partial charge in [-0.25, -0.2) is 5.14 Å². The minimum absolute atomic E-state index is 0.0271. The van der Waals surface area contributed by atoms with Crippen molar-refractivity contribution in [1.29, 1.82) is 0 Å². The number of para-hydroxylation sites is 1. The molecule has 0 aliphatic carbocycles. The number of nitrogens with two attached hydrogens (primary N) is 1. The molecule has 1 saturated heterocycles. The van der Waals surface area contributed by atoms with Gasteiger partial charge in [-0.2, -0.15) is 12.7 Å². The second-order valence-corrected chi connectivity index (χ2v) is 7.50. The summed E-state index contributed by atoms with van der Waals surface area (Å²) < 4.78 is 29.4. The van der Waals surface area contributed by atoms with Crippen molar-refractivity contribution in [3.63, 3.8) is 0 Å². The third-order valence-electron chi connectivity index (χ3n) is 4.46. The Morgan fingerprint density at radius 2 is 1.91 bits per heavy atom. The predicted molar refractivity (Wildman–Crippen MR) is 84.8 cm³/mol. The molecule has 1 unspecified atom stereocenters. The highest BCUT2D eigenvalue weighted by molar-refractivity contribution is 7.86. The van der Waals surface area contributed by atoms with Gasteiger partial charge in [-0.05, 0) is 18.9 Å². The number of ether oxygens (including phenoxy) is 1. The van der Waals surface area contributed by atoms with E-state index in [1.807, 2.05) is 24.3 Å². The Bertz CT molecular complexity index is 684. The third-order valence-corrected chi connectivity index (χ3v) is 5.54. The smallest absolute Gasteiger partial charge is 0.276 e. The van der Waals surface area contributed by atoms with Crippen LogP contribution in [-0.2, 0) is 15.0 Å². The van der Waals surface area contributed by atoms with E-state index in [0.717, 1.165) is 17.7 Å². The molecule has 8 heteroatoms. The Balaban J connectivity index is 1.61. The fourth-order valence-electron chi connectivity index (χ4n) is 3.15. The second kappa shape index (κ2) is 6.46. The van der Waals surface area contributed by atoms with Gasteiger partial charge in [0.1, 0.15) is 5.75 Å². The van der Waals surface area contributed by atoms with Crippen LogP contribution in [-0.4, -0.2) is 38.3 Å². The van der Waals surface area contributed by atoms with E-state index in [2.05, 4.69) is 5.32 Å². The first-order chi connectivity index (χ1) is 10.9. The Hall–Kier alpha value is -1.64. The molecule has 1 atom stereocenters. The first kappa shape index (κ1) is 16.2. The van der Waals surface area contributed by atoms with Crippen molar-refractivity contribution in [2.24, 2.45) is 11.1 Å². The zero-order valence-corrected chi connectivity index (χ0v) is 13.6. The molecule has 23 heavy (non-hydrogen) atoms. The predicted octanol–water partition coefficient (Wildman–Crippen LogP) is 0.542. The van der Waals surface area contributed by atoms with Crippen LogP contribution in [0.4, 0.5) is 0 Å². The zero-order chi connectivity index (χ0) is 16.4. The van der Waals surface area contributed by atoms with E-state index in [1.54, 1.807) is 0 Å². The van der Waals surface area contributed by atoms with E-state index in [0.29, 0.717) is 32.5 Å².